The molecule has 6 nitrogen and oxygen atoms in total. The first-order valence-corrected chi connectivity index (χ1v) is 8.29. The number of carbonyl (C=O) groups is 1. The van der Waals surface area contributed by atoms with Crippen molar-refractivity contribution in [3.05, 3.63) is 52.3 Å². The van der Waals surface area contributed by atoms with Gasteiger partial charge in [-0.25, -0.2) is 0 Å². The van der Waals surface area contributed by atoms with Crippen LogP contribution in [-0.2, 0) is 0 Å². The van der Waals surface area contributed by atoms with Crippen molar-refractivity contribution in [1.29, 1.82) is 0 Å². The van der Waals surface area contributed by atoms with Crippen LogP contribution in [0.3, 0.4) is 0 Å². The Morgan fingerprint density at radius 2 is 1.71 bits per heavy atom. The fourth-order valence-electron chi connectivity index (χ4n) is 3.04. The van der Waals surface area contributed by atoms with Gasteiger partial charge >= 0.3 is 0 Å². The van der Waals surface area contributed by atoms with Crippen LogP contribution in [0.2, 0.25) is 0 Å². The lowest BCUT2D eigenvalue weighted by Gasteiger charge is -2.14. The molecule has 24 heavy (non-hydrogen) atoms. The van der Waals surface area contributed by atoms with Gasteiger partial charge in [-0.2, -0.15) is 0 Å². The number of rotatable bonds is 4. The van der Waals surface area contributed by atoms with Gasteiger partial charge in [0.2, 0.25) is 0 Å². The Labute approximate surface area is 140 Å². The molecule has 0 aliphatic heterocycles. The van der Waals surface area contributed by atoms with Gasteiger partial charge in [0, 0.05) is 23.7 Å². The molecule has 1 fully saturated rings. The molecule has 3 rings (SSSR count). The molecule has 6 heteroatoms. The van der Waals surface area contributed by atoms with Gasteiger partial charge in [-0.05, 0) is 37.1 Å². The van der Waals surface area contributed by atoms with Crippen LogP contribution in [0.25, 0.3) is 11.3 Å². The summed E-state index contributed by atoms with van der Waals surface area (Å²) in [4.78, 5) is 22.6. The minimum atomic E-state index is -0.447. The van der Waals surface area contributed by atoms with Crippen LogP contribution in [0.15, 0.2) is 40.8 Å². The van der Waals surface area contributed by atoms with Crippen LogP contribution in [0.5, 0.6) is 0 Å². The Hall–Kier alpha value is -2.63. The zero-order valence-electron chi connectivity index (χ0n) is 13.4. The van der Waals surface area contributed by atoms with E-state index in [1.165, 1.54) is 25.0 Å². The molecular weight excluding hydrogens is 308 g/mol. The number of carbonyl (C=O) groups excluding carboxylic acids is 1. The first-order chi connectivity index (χ1) is 11.6. The molecule has 1 N–H and O–H groups in total. The van der Waals surface area contributed by atoms with Crippen molar-refractivity contribution in [2.75, 3.05) is 0 Å². The zero-order chi connectivity index (χ0) is 16.9. The lowest BCUT2D eigenvalue weighted by Crippen LogP contribution is -2.34. The Kier molecular flexibility index (Phi) is 4.93. The second kappa shape index (κ2) is 7.29. The lowest BCUT2D eigenvalue weighted by atomic mass is 10.1. The third-order valence-corrected chi connectivity index (χ3v) is 4.38. The number of amides is 1. The van der Waals surface area contributed by atoms with Crippen LogP contribution in [-0.4, -0.2) is 16.9 Å². The normalized spacial score (nSPS) is 15.7. The van der Waals surface area contributed by atoms with Gasteiger partial charge < -0.3 is 9.73 Å². The number of nitrogens with one attached hydrogen (secondary N) is 1. The maximum atomic E-state index is 12.3. The summed E-state index contributed by atoms with van der Waals surface area (Å²) in [5, 5.41) is 13.7. The number of non-ortho nitro benzene ring substituents is 1. The van der Waals surface area contributed by atoms with Crippen molar-refractivity contribution >= 4 is 11.6 Å². The Morgan fingerprint density at radius 1 is 1.04 bits per heavy atom. The molecule has 0 bridgehead atoms. The summed E-state index contributed by atoms with van der Waals surface area (Å²) in [6.45, 7) is 0. The van der Waals surface area contributed by atoms with E-state index in [9.17, 15) is 14.9 Å². The highest BCUT2D eigenvalue weighted by atomic mass is 16.6. The van der Waals surface area contributed by atoms with Crippen LogP contribution >= 0.6 is 0 Å². The van der Waals surface area contributed by atoms with E-state index in [-0.39, 0.29) is 23.4 Å². The summed E-state index contributed by atoms with van der Waals surface area (Å²) in [6, 6.07) is 9.64. The molecule has 0 radical (unpaired) electrons. The first kappa shape index (κ1) is 16.2. The number of nitro groups is 1. The van der Waals surface area contributed by atoms with E-state index in [0.717, 1.165) is 25.7 Å². The summed E-state index contributed by atoms with van der Waals surface area (Å²) in [7, 11) is 0. The van der Waals surface area contributed by atoms with Crippen LogP contribution in [0.4, 0.5) is 5.69 Å². The fourth-order valence-corrected chi connectivity index (χ4v) is 3.04. The largest absolute Gasteiger partial charge is 0.451 e. The first-order valence-electron chi connectivity index (χ1n) is 8.29. The van der Waals surface area contributed by atoms with Crippen LogP contribution in [0.1, 0.15) is 49.1 Å². The van der Waals surface area contributed by atoms with Crippen molar-refractivity contribution in [2.45, 2.75) is 44.6 Å². The van der Waals surface area contributed by atoms with Crippen LogP contribution < -0.4 is 5.32 Å². The van der Waals surface area contributed by atoms with E-state index in [1.807, 2.05) is 0 Å². The number of benzene rings is 1. The van der Waals surface area contributed by atoms with Crippen molar-refractivity contribution in [1.82, 2.24) is 5.32 Å². The van der Waals surface area contributed by atoms with E-state index >= 15 is 0 Å². The van der Waals surface area contributed by atoms with Crippen molar-refractivity contribution in [2.24, 2.45) is 0 Å². The third kappa shape index (κ3) is 3.82. The molecule has 1 heterocycles. The molecular formula is C18H20N2O4. The minimum Gasteiger partial charge on any atom is -0.451 e. The quantitative estimate of drug-likeness (QED) is 0.515. The highest BCUT2D eigenvalue weighted by Gasteiger charge is 2.18. The summed E-state index contributed by atoms with van der Waals surface area (Å²) in [6.07, 6.45) is 6.80. The van der Waals surface area contributed by atoms with E-state index < -0.39 is 4.92 Å². The van der Waals surface area contributed by atoms with Crippen LogP contribution in [0, 0.1) is 10.1 Å². The molecule has 0 saturated heterocycles. The summed E-state index contributed by atoms with van der Waals surface area (Å²) in [5.74, 6) is 0.596. The summed E-state index contributed by atoms with van der Waals surface area (Å²) < 4.78 is 5.62. The SMILES string of the molecule is O=C(NC1CCCCCC1)c1ccc(-c2ccc([N+](=O)[O-])cc2)o1. The zero-order valence-corrected chi connectivity index (χ0v) is 13.4. The van der Waals surface area contributed by atoms with Crippen molar-refractivity contribution in [3.8, 4) is 11.3 Å². The number of furan rings is 1. The molecule has 1 aromatic heterocycles. The minimum absolute atomic E-state index is 0.0247. The lowest BCUT2D eigenvalue weighted by molar-refractivity contribution is -0.384. The van der Waals surface area contributed by atoms with Gasteiger partial charge in [0.1, 0.15) is 5.76 Å². The molecule has 0 atom stereocenters. The topological polar surface area (TPSA) is 85.4 Å². The molecule has 1 aliphatic carbocycles. The predicted molar refractivity (Wildman–Crippen MR) is 89.8 cm³/mol. The Bertz CT molecular complexity index is 713. The average molecular weight is 328 g/mol. The Balaban J connectivity index is 1.67. The number of hydrogen-bond donors (Lipinski definition) is 1. The van der Waals surface area contributed by atoms with Crippen molar-refractivity contribution in [3.63, 3.8) is 0 Å². The van der Waals surface area contributed by atoms with Gasteiger partial charge in [-0.1, -0.05) is 25.7 Å². The van der Waals surface area contributed by atoms with E-state index in [2.05, 4.69) is 5.32 Å². The van der Waals surface area contributed by atoms with Gasteiger partial charge in [-0.15, -0.1) is 0 Å². The second-order valence-corrected chi connectivity index (χ2v) is 6.13. The highest BCUT2D eigenvalue weighted by Crippen LogP contribution is 2.25. The van der Waals surface area contributed by atoms with E-state index in [4.69, 9.17) is 4.42 Å². The predicted octanol–water partition coefficient (Wildman–Crippen LogP) is 4.31. The third-order valence-electron chi connectivity index (χ3n) is 4.38. The number of hydrogen-bond acceptors (Lipinski definition) is 4. The molecule has 1 saturated carbocycles. The smallest absolute Gasteiger partial charge is 0.287 e. The van der Waals surface area contributed by atoms with E-state index in [0.29, 0.717) is 11.3 Å². The maximum Gasteiger partial charge on any atom is 0.287 e. The summed E-state index contributed by atoms with van der Waals surface area (Å²) >= 11 is 0. The monoisotopic (exact) mass is 328 g/mol. The number of nitrogens with zero attached hydrogens (tertiary/aromatic N) is 1. The van der Waals surface area contributed by atoms with Gasteiger partial charge in [0.25, 0.3) is 11.6 Å². The second-order valence-electron chi connectivity index (χ2n) is 6.13. The van der Waals surface area contributed by atoms with Gasteiger partial charge in [0.15, 0.2) is 5.76 Å². The molecule has 1 amide bonds. The summed E-state index contributed by atoms with van der Waals surface area (Å²) in [5.41, 5.74) is 0.728. The van der Waals surface area contributed by atoms with Crippen molar-refractivity contribution < 1.29 is 14.1 Å². The maximum absolute atomic E-state index is 12.3. The molecule has 2 aromatic rings. The van der Waals surface area contributed by atoms with Gasteiger partial charge in [-0.3, -0.25) is 14.9 Å². The molecule has 0 unspecified atom stereocenters. The van der Waals surface area contributed by atoms with E-state index in [1.54, 1.807) is 24.3 Å². The molecule has 0 spiro atoms. The molecule has 126 valence electrons. The van der Waals surface area contributed by atoms with Gasteiger partial charge in [0.05, 0.1) is 4.92 Å². The highest BCUT2D eigenvalue weighted by molar-refractivity contribution is 5.92. The number of nitro benzene ring substituents is 1. The fraction of sp³-hybridized carbons (Fsp3) is 0.389. The molecule has 1 aromatic carbocycles. The standard InChI is InChI=1S/C18H20N2O4/c21-18(19-14-5-3-1-2-4-6-14)17-12-11-16(24-17)13-7-9-15(10-8-13)20(22)23/h7-12,14H,1-6H2,(H,19,21). The average Bonchev–Trinajstić information content (AvgIpc) is 2.94. The molecule has 1 aliphatic rings. The Morgan fingerprint density at radius 3 is 2.33 bits per heavy atom.